The molecule has 0 aromatic heterocycles. The summed E-state index contributed by atoms with van der Waals surface area (Å²) >= 11 is 0. The molecule has 1 rings (SSSR count). The lowest BCUT2D eigenvalue weighted by atomic mass is 10.2. The number of nitrogens with two attached hydrogens (primary N) is 2. The summed E-state index contributed by atoms with van der Waals surface area (Å²) in [6.07, 6.45) is 0. The van der Waals surface area contributed by atoms with Gasteiger partial charge in [0.25, 0.3) is 0 Å². The zero-order chi connectivity index (χ0) is 9.68. The van der Waals surface area contributed by atoms with Crippen molar-refractivity contribution in [3.8, 4) is 17.6 Å². The van der Waals surface area contributed by atoms with Crippen LogP contribution in [0, 0.1) is 11.8 Å². The molecule has 68 valence electrons. The molecule has 0 atom stereocenters. The van der Waals surface area contributed by atoms with Gasteiger partial charge in [-0.2, -0.15) is 0 Å². The molecule has 0 heterocycles. The normalized spacial score (nSPS) is 8.77. The molecule has 13 heavy (non-hydrogen) atoms. The van der Waals surface area contributed by atoms with Gasteiger partial charge in [-0.25, -0.2) is 0 Å². The first-order chi connectivity index (χ1) is 6.27. The third kappa shape index (κ3) is 2.39. The summed E-state index contributed by atoms with van der Waals surface area (Å²) in [5.74, 6) is 6.35. The summed E-state index contributed by atoms with van der Waals surface area (Å²) in [5, 5.41) is 0. The van der Waals surface area contributed by atoms with E-state index in [9.17, 15) is 0 Å². The van der Waals surface area contributed by atoms with Crippen LogP contribution in [0.5, 0.6) is 5.75 Å². The van der Waals surface area contributed by atoms with Crippen molar-refractivity contribution in [1.29, 1.82) is 0 Å². The molecular weight excluding hydrogens is 164 g/mol. The highest BCUT2D eigenvalue weighted by Crippen LogP contribution is 2.19. The van der Waals surface area contributed by atoms with Gasteiger partial charge >= 0.3 is 0 Å². The largest absolute Gasteiger partial charge is 0.495 e. The Kier molecular flexibility index (Phi) is 3.18. The van der Waals surface area contributed by atoms with Crippen molar-refractivity contribution in [3.63, 3.8) is 0 Å². The standard InChI is InChI=1S/C10H12N2O/c1-13-10-5-4-9(12)7-8(10)3-2-6-11/h4-5,7H,6,11-12H2,1H3. The van der Waals surface area contributed by atoms with Gasteiger partial charge in [-0.1, -0.05) is 11.8 Å². The van der Waals surface area contributed by atoms with Crippen molar-refractivity contribution in [2.24, 2.45) is 5.73 Å². The second-order valence-electron chi connectivity index (χ2n) is 2.47. The summed E-state index contributed by atoms with van der Waals surface area (Å²) in [6.45, 7) is 0.331. The van der Waals surface area contributed by atoms with Crippen LogP contribution in [0.15, 0.2) is 18.2 Å². The number of hydrogen-bond acceptors (Lipinski definition) is 3. The summed E-state index contributed by atoms with van der Waals surface area (Å²) in [5.41, 5.74) is 12.3. The average molecular weight is 176 g/mol. The Morgan fingerprint density at radius 1 is 1.46 bits per heavy atom. The van der Waals surface area contributed by atoms with Crippen LogP contribution in [0.4, 0.5) is 5.69 Å². The highest BCUT2D eigenvalue weighted by molar-refractivity contribution is 5.54. The van der Waals surface area contributed by atoms with E-state index in [4.69, 9.17) is 16.2 Å². The lowest BCUT2D eigenvalue weighted by Gasteiger charge is -2.03. The number of benzene rings is 1. The first-order valence-electron chi connectivity index (χ1n) is 3.90. The number of methoxy groups -OCH3 is 1. The monoisotopic (exact) mass is 176 g/mol. The molecule has 0 fully saturated rings. The van der Waals surface area contributed by atoms with Crippen LogP contribution in [0.2, 0.25) is 0 Å². The highest BCUT2D eigenvalue weighted by atomic mass is 16.5. The molecule has 0 aliphatic heterocycles. The van der Waals surface area contributed by atoms with Crippen molar-refractivity contribution in [2.45, 2.75) is 0 Å². The summed E-state index contributed by atoms with van der Waals surface area (Å²) < 4.78 is 5.10. The van der Waals surface area contributed by atoms with E-state index in [0.29, 0.717) is 12.2 Å². The maximum atomic E-state index is 5.60. The fraction of sp³-hybridized carbons (Fsp3) is 0.200. The summed E-state index contributed by atoms with van der Waals surface area (Å²) in [4.78, 5) is 0. The fourth-order valence-electron chi connectivity index (χ4n) is 0.970. The molecule has 1 aromatic carbocycles. The minimum atomic E-state index is 0.331. The maximum Gasteiger partial charge on any atom is 0.134 e. The Morgan fingerprint density at radius 3 is 2.85 bits per heavy atom. The Hall–Kier alpha value is -1.66. The van der Waals surface area contributed by atoms with E-state index in [1.807, 2.05) is 0 Å². The highest BCUT2D eigenvalue weighted by Gasteiger charge is 1.98. The third-order valence-corrected chi connectivity index (χ3v) is 1.55. The third-order valence-electron chi connectivity index (χ3n) is 1.55. The predicted molar refractivity (Wildman–Crippen MR) is 53.3 cm³/mol. The minimum Gasteiger partial charge on any atom is -0.495 e. The van der Waals surface area contributed by atoms with Gasteiger partial charge in [-0.05, 0) is 18.2 Å². The molecular formula is C10H12N2O. The second-order valence-corrected chi connectivity index (χ2v) is 2.47. The predicted octanol–water partition coefficient (Wildman–Crippen LogP) is 0.588. The Bertz CT molecular complexity index is 350. The number of nitrogen functional groups attached to an aromatic ring is 1. The molecule has 0 spiro atoms. The molecule has 0 bridgehead atoms. The molecule has 3 nitrogen and oxygen atoms in total. The SMILES string of the molecule is COc1ccc(N)cc1C#CCN. The molecule has 3 heteroatoms. The van der Waals surface area contributed by atoms with Gasteiger partial charge in [-0.3, -0.25) is 0 Å². The van der Waals surface area contributed by atoms with Gasteiger partial charge in [-0.15, -0.1) is 0 Å². The smallest absolute Gasteiger partial charge is 0.134 e. The quantitative estimate of drug-likeness (QED) is 0.486. The Balaban J connectivity index is 3.08. The molecule has 0 radical (unpaired) electrons. The summed E-state index contributed by atoms with van der Waals surface area (Å²) in [7, 11) is 1.60. The first-order valence-corrected chi connectivity index (χ1v) is 3.90. The van der Waals surface area contributed by atoms with Crippen molar-refractivity contribution >= 4 is 5.69 Å². The van der Waals surface area contributed by atoms with Crippen LogP contribution in [-0.2, 0) is 0 Å². The van der Waals surface area contributed by atoms with Crippen molar-refractivity contribution in [3.05, 3.63) is 23.8 Å². The van der Waals surface area contributed by atoms with Crippen molar-refractivity contribution < 1.29 is 4.74 Å². The van der Waals surface area contributed by atoms with Crippen LogP contribution < -0.4 is 16.2 Å². The molecule has 0 amide bonds. The van der Waals surface area contributed by atoms with Gasteiger partial charge in [0.2, 0.25) is 0 Å². The fourth-order valence-corrected chi connectivity index (χ4v) is 0.970. The lowest BCUT2D eigenvalue weighted by Crippen LogP contribution is -1.95. The van der Waals surface area contributed by atoms with E-state index >= 15 is 0 Å². The summed E-state index contributed by atoms with van der Waals surface area (Å²) in [6, 6.07) is 5.32. The van der Waals surface area contributed by atoms with E-state index in [-0.39, 0.29) is 0 Å². The van der Waals surface area contributed by atoms with E-state index in [1.54, 1.807) is 25.3 Å². The molecule has 0 saturated heterocycles. The number of rotatable bonds is 1. The average Bonchev–Trinajstić information content (AvgIpc) is 2.15. The van der Waals surface area contributed by atoms with Gasteiger partial charge in [0.05, 0.1) is 19.2 Å². The number of anilines is 1. The topological polar surface area (TPSA) is 61.3 Å². The van der Waals surface area contributed by atoms with Gasteiger partial charge < -0.3 is 16.2 Å². The first kappa shape index (κ1) is 9.43. The van der Waals surface area contributed by atoms with Crippen molar-refractivity contribution in [1.82, 2.24) is 0 Å². The molecule has 1 aromatic rings. The van der Waals surface area contributed by atoms with Gasteiger partial charge in [0.1, 0.15) is 5.75 Å². The van der Waals surface area contributed by atoms with Gasteiger partial charge in [0.15, 0.2) is 0 Å². The van der Waals surface area contributed by atoms with Crippen molar-refractivity contribution in [2.75, 3.05) is 19.4 Å². The molecule has 0 aliphatic rings. The lowest BCUT2D eigenvalue weighted by molar-refractivity contribution is 0.413. The molecule has 0 saturated carbocycles. The molecule has 0 unspecified atom stereocenters. The van der Waals surface area contributed by atoms with Gasteiger partial charge in [0, 0.05) is 5.69 Å². The van der Waals surface area contributed by atoms with Crippen LogP contribution in [0.1, 0.15) is 5.56 Å². The zero-order valence-corrected chi connectivity index (χ0v) is 7.50. The van der Waals surface area contributed by atoms with E-state index in [0.717, 1.165) is 11.3 Å². The second kappa shape index (κ2) is 4.39. The Morgan fingerprint density at radius 2 is 2.23 bits per heavy atom. The van der Waals surface area contributed by atoms with E-state index in [1.165, 1.54) is 0 Å². The minimum absolute atomic E-state index is 0.331. The number of hydrogen-bond donors (Lipinski definition) is 2. The van der Waals surface area contributed by atoms with E-state index in [2.05, 4.69) is 11.8 Å². The van der Waals surface area contributed by atoms with Crippen LogP contribution in [0.25, 0.3) is 0 Å². The molecule has 0 aliphatic carbocycles. The maximum absolute atomic E-state index is 5.60. The van der Waals surface area contributed by atoms with Crippen LogP contribution in [0.3, 0.4) is 0 Å². The number of ether oxygens (including phenoxy) is 1. The van der Waals surface area contributed by atoms with E-state index < -0.39 is 0 Å². The van der Waals surface area contributed by atoms with Crippen LogP contribution in [-0.4, -0.2) is 13.7 Å². The zero-order valence-electron chi connectivity index (χ0n) is 7.50. The van der Waals surface area contributed by atoms with Crippen LogP contribution >= 0.6 is 0 Å². The Labute approximate surface area is 77.7 Å². The molecule has 4 N–H and O–H groups in total.